The minimum Gasteiger partial charge on any atom is -0.0617 e. The second-order valence-corrected chi connectivity index (χ2v) is 4.52. The summed E-state index contributed by atoms with van der Waals surface area (Å²) in [6.07, 6.45) is 1.04. The van der Waals surface area contributed by atoms with Gasteiger partial charge in [-0.3, -0.25) is 0 Å². The van der Waals surface area contributed by atoms with Crippen molar-refractivity contribution in [1.29, 1.82) is 0 Å². The van der Waals surface area contributed by atoms with Crippen LogP contribution in [0.5, 0.6) is 0 Å². The maximum atomic E-state index is 2.27. The summed E-state index contributed by atoms with van der Waals surface area (Å²) in [5.74, 6) is 0. The standard InChI is InChI=1S/C16H18/c1-12-6-4-8-15(10-12)11-16-9-5-7-13(2)14(16)3/h4-10H,11H2,1-3H3. The van der Waals surface area contributed by atoms with E-state index >= 15 is 0 Å². The van der Waals surface area contributed by atoms with E-state index in [9.17, 15) is 0 Å². The Hall–Kier alpha value is -1.56. The second kappa shape index (κ2) is 4.52. The van der Waals surface area contributed by atoms with E-state index in [4.69, 9.17) is 0 Å². The molecule has 0 aromatic heterocycles. The largest absolute Gasteiger partial charge is 0.0617 e. The third kappa shape index (κ3) is 2.33. The van der Waals surface area contributed by atoms with Gasteiger partial charge in [0.1, 0.15) is 0 Å². The lowest BCUT2D eigenvalue weighted by Gasteiger charge is -2.09. The van der Waals surface area contributed by atoms with E-state index in [0.717, 1.165) is 6.42 Å². The fraction of sp³-hybridized carbons (Fsp3) is 0.250. The third-order valence-corrected chi connectivity index (χ3v) is 3.19. The Morgan fingerprint density at radius 2 is 1.62 bits per heavy atom. The summed E-state index contributed by atoms with van der Waals surface area (Å²) in [4.78, 5) is 0. The molecule has 2 aromatic rings. The summed E-state index contributed by atoms with van der Waals surface area (Å²) in [6, 6.07) is 15.3. The van der Waals surface area contributed by atoms with Crippen molar-refractivity contribution in [3.05, 3.63) is 70.3 Å². The fourth-order valence-electron chi connectivity index (χ4n) is 2.05. The predicted molar refractivity (Wildman–Crippen MR) is 69.9 cm³/mol. The lowest BCUT2D eigenvalue weighted by molar-refractivity contribution is 1.13. The molecule has 0 spiro atoms. The molecule has 2 aromatic carbocycles. The molecule has 16 heavy (non-hydrogen) atoms. The molecule has 0 bridgehead atoms. The molecule has 0 atom stereocenters. The van der Waals surface area contributed by atoms with E-state index in [2.05, 4.69) is 63.2 Å². The van der Waals surface area contributed by atoms with Crippen molar-refractivity contribution in [2.45, 2.75) is 27.2 Å². The van der Waals surface area contributed by atoms with Crippen molar-refractivity contribution in [3.8, 4) is 0 Å². The molecule has 0 heteroatoms. The first-order chi connectivity index (χ1) is 7.66. The number of hydrogen-bond donors (Lipinski definition) is 0. The normalized spacial score (nSPS) is 10.4. The highest BCUT2D eigenvalue weighted by Crippen LogP contribution is 2.17. The monoisotopic (exact) mass is 210 g/mol. The molecule has 0 radical (unpaired) electrons. The minimum atomic E-state index is 1.04. The molecule has 0 aliphatic rings. The maximum absolute atomic E-state index is 2.27. The van der Waals surface area contributed by atoms with Crippen LogP contribution in [0.1, 0.15) is 27.8 Å². The molecule has 0 N–H and O–H groups in total. The van der Waals surface area contributed by atoms with Crippen LogP contribution in [0.2, 0.25) is 0 Å². The Bertz CT molecular complexity index is 495. The molecule has 0 aliphatic heterocycles. The molecular formula is C16H18. The van der Waals surface area contributed by atoms with Crippen LogP contribution in [-0.2, 0) is 6.42 Å². The van der Waals surface area contributed by atoms with Crippen molar-refractivity contribution < 1.29 is 0 Å². The Morgan fingerprint density at radius 3 is 2.38 bits per heavy atom. The van der Waals surface area contributed by atoms with Crippen LogP contribution in [0.4, 0.5) is 0 Å². The predicted octanol–water partition coefficient (Wildman–Crippen LogP) is 4.20. The SMILES string of the molecule is Cc1cccc(Cc2cccc(C)c2C)c1. The third-order valence-electron chi connectivity index (χ3n) is 3.19. The van der Waals surface area contributed by atoms with Gasteiger partial charge in [-0.2, -0.15) is 0 Å². The zero-order chi connectivity index (χ0) is 11.5. The highest BCUT2D eigenvalue weighted by molar-refractivity contribution is 5.37. The number of benzene rings is 2. The van der Waals surface area contributed by atoms with Gasteiger partial charge < -0.3 is 0 Å². The van der Waals surface area contributed by atoms with Crippen LogP contribution >= 0.6 is 0 Å². The van der Waals surface area contributed by atoms with Gasteiger partial charge in [-0.05, 0) is 49.4 Å². The van der Waals surface area contributed by atoms with E-state index < -0.39 is 0 Å². The highest BCUT2D eigenvalue weighted by Gasteiger charge is 2.01. The van der Waals surface area contributed by atoms with Crippen LogP contribution in [0.3, 0.4) is 0 Å². The van der Waals surface area contributed by atoms with E-state index in [1.165, 1.54) is 27.8 Å². The molecule has 0 nitrogen and oxygen atoms in total. The molecular weight excluding hydrogens is 192 g/mol. The van der Waals surface area contributed by atoms with Gasteiger partial charge in [0.05, 0.1) is 0 Å². The topological polar surface area (TPSA) is 0 Å². The maximum Gasteiger partial charge on any atom is -0.00230 e. The van der Waals surface area contributed by atoms with Crippen LogP contribution in [0.15, 0.2) is 42.5 Å². The second-order valence-electron chi connectivity index (χ2n) is 4.52. The van der Waals surface area contributed by atoms with Gasteiger partial charge in [0.2, 0.25) is 0 Å². The van der Waals surface area contributed by atoms with Crippen LogP contribution < -0.4 is 0 Å². The number of hydrogen-bond acceptors (Lipinski definition) is 0. The minimum absolute atomic E-state index is 1.04. The lowest BCUT2D eigenvalue weighted by atomic mass is 9.97. The first-order valence-corrected chi connectivity index (χ1v) is 5.77. The summed E-state index contributed by atoms with van der Waals surface area (Å²) >= 11 is 0. The van der Waals surface area contributed by atoms with E-state index in [1.807, 2.05) is 0 Å². The smallest absolute Gasteiger partial charge is 0.00230 e. The molecule has 0 fully saturated rings. The summed E-state index contributed by atoms with van der Waals surface area (Å²) in [7, 11) is 0. The first kappa shape index (κ1) is 10.9. The lowest BCUT2D eigenvalue weighted by Crippen LogP contribution is -1.94. The molecule has 82 valence electrons. The Balaban J connectivity index is 2.31. The van der Waals surface area contributed by atoms with Crippen LogP contribution in [0.25, 0.3) is 0 Å². The Kier molecular flexibility index (Phi) is 3.09. The van der Waals surface area contributed by atoms with Crippen molar-refractivity contribution in [2.24, 2.45) is 0 Å². The molecule has 0 amide bonds. The van der Waals surface area contributed by atoms with Gasteiger partial charge in [0.15, 0.2) is 0 Å². The summed E-state index contributed by atoms with van der Waals surface area (Å²) in [6.45, 7) is 6.53. The van der Waals surface area contributed by atoms with Gasteiger partial charge in [0, 0.05) is 0 Å². The first-order valence-electron chi connectivity index (χ1n) is 5.77. The van der Waals surface area contributed by atoms with Gasteiger partial charge in [-0.25, -0.2) is 0 Å². The van der Waals surface area contributed by atoms with Crippen LogP contribution in [0, 0.1) is 20.8 Å². The Labute approximate surface area is 97.9 Å². The number of aryl methyl sites for hydroxylation is 2. The molecule has 0 aliphatic carbocycles. The van der Waals surface area contributed by atoms with Crippen molar-refractivity contribution in [1.82, 2.24) is 0 Å². The van der Waals surface area contributed by atoms with Crippen molar-refractivity contribution >= 4 is 0 Å². The quantitative estimate of drug-likeness (QED) is 0.696. The highest BCUT2D eigenvalue weighted by atomic mass is 14.1. The number of rotatable bonds is 2. The molecule has 2 rings (SSSR count). The van der Waals surface area contributed by atoms with E-state index in [-0.39, 0.29) is 0 Å². The summed E-state index contributed by atoms with van der Waals surface area (Å²) in [5.41, 5.74) is 6.97. The van der Waals surface area contributed by atoms with Gasteiger partial charge in [-0.15, -0.1) is 0 Å². The van der Waals surface area contributed by atoms with E-state index in [0.29, 0.717) is 0 Å². The average molecular weight is 210 g/mol. The van der Waals surface area contributed by atoms with Gasteiger partial charge in [-0.1, -0.05) is 48.0 Å². The molecule has 0 unspecified atom stereocenters. The van der Waals surface area contributed by atoms with Crippen LogP contribution in [-0.4, -0.2) is 0 Å². The van der Waals surface area contributed by atoms with Gasteiger partial charge >= 0.3 is 0 Å². The van der Waals surface area contributed by atoms with Crippen molar-refractivity contribution in [3.63, 3.8) is 0 Å². The summed E-state index contributed by atoms with van der Waals surface area (Å²) < 4.78 is 0. The average Bonchev–Trinajstić information content (AvgIpc) is 2.25. The van der Waals surface area contributed by atoms with Gasteiger partial charge in [0.25, 0.3) is 0 Å². The molecule has 0 saturated heterocycles. The molecule has 0 heterocycles. The fourth-order valence-corrected chi connectivity index (χ4v) is 2.05. The summed E-state index contributed by atoms with van der Waals surface area (Å²) in [5, 5.41) is 0. The van der Waals surface area contributed by atoms with E-state index in [1.54, 1.807) is 0 Å². The zero-order valence-electron chi connectivity index (χ0n) is 10.2. The molecule has 0 saturated carbocycles. The zero-order valence-corrected chi connectivity index (χ0v) is 10.2. The Morgan fingerprint density at radius 1 is 0.875 bits per heavy atom. The van der Waals surface area contributed by atoms with Crippen molar-refractivity contribution in [2.75, 3.05) is 0 Å².